The summed E-state index contributed by atoms with van der Waals surface area (Å²) in [6.45, 7) is 5.09. The molecule has 118 valence electrons. The maximum Gasteiger partial charge on any atom is 0.305 e. The zero-order valence-corrected chi connectivity index (χ0v) is 15.0. The van der Waals surface area contributed by atoms with Crippen LogP contribution < -0.4 is 5.73 Å². The van der Waals surface area contributed by atoms with Crippen molar-refractivity contribution in [2.45, 2.75) is 45.4 Å². The Bertz CT molecular complexity index is 303. The molecule has 0 aromatic rings. The van der Waals surface area contributed by atoms with Crippen molar-refractivity contribution in [3.63, 3.8) is 0 Å². The van der Waals surface area contributed by atoms with Crippen molar-refractivity contribution in [1.82, 2.24) is 4.90 Å². The van der Waals surface area contributed by atoms with Crippen LogP contribution in [-0.4, -0.2) is 43.6 Å². The molecule has 0 aliphatic carbocycles. The third-order valence-electron chi connectivity index (χ3n) is 3.65. The molecule has 2 N–H and O–H groups in total. The van der Waals surface area contributed by atoms with E-state index in [0.717, 1.165) is 44.8 Å². The van der Waals surface area contributed by atoms with Crippen molar-refractivity contribution >= 4 is 35.9 Å². The Hall–Kier alpha value is -0.530. The van der Waals surface area contributed by atoms with Gasteiger partial charge in [0.1, 0.15) is 0 Å². The second-order valence-electron chi connectivity index (χ2n) is 5.30. The van der Waals surface area contributed by atoms with E-state index in [1.165, 1.54) is 20.0 Å². The van der Waals surface area contributed by atoms with Crippen molar-refractivity contribution in [2.24, 2.45) is 16.6 Å². The van der Waals surface area contributed by atoms with Crippen LogP contribution in [0.4, 0.5) is 0 Å². The third kappa shape index (κ3) is 7.91. The zero-order valence-electron chi connectivity index (χ0n) is 12.6. The molecule has 0 radical (unpaired) electrons. The molecule has 0 amide bonds. The van der Waals surface area contributed by atoms with Gasteiger partial charge in [0, 0.05) is 26.1 Å². The molecule has 0 aromatic heterocycles. The number of halogens is 1. The highest BCUT2D eigenvalue weighted by molar-refractivity contribution is 14.0. The molecule has 0 atom stereocenters. The van der Waals surface area contributed by atoms with Gasteiger partial charge in [-0.25, -0.2) is 0 Å². The number of methoxy groups -OCH3 is 1. The molecule has 20 heavy (non-hydrogen) atoms. The van der Waals surface area contributed by atoms with Crippen LogP contribution in [0.25, 0.3) is 0 Å². The van der Waals surface area contributed by atoms with Crippen molar-refractivity contribution < 1.29 is 9.53 Å². The second-order valence-corrected chi connectivity index (χ2v) is 5.30. The SMILES string of the molecule is COC(=O)CCCCCN=C(N)N1CCC(C)CC1.I. The predicted octanol–water partition coefficient (Wildman–Crippen LogP) is 2.38. The van der Waals surface area contributed by atoms with Crippen LogP contribution >= 0.6 is 24.0 Å². The van der Waals surface area contributed by atoms with E-state index in [1.54, 1.807) is 0 Å². The Morgan fingerprint density at radius 1 is 1.30 bits per heavy atom. The van der Waals surface area contributed by atoms with Gasteiger partial charge < -0.3 is 15.4 Å². The summed E-state index contributed by atoms with van der Waals surface area (Å²) in [5.41, 5.74) is 5.98. The normalized spacial score (nSPS) is 16.7. The molecule has 5 nitrogen and oxygen atoms in total. The molecular formula is C14H28IN3O2. The average Bonchev–Trinajstić information content (AvgIpc) is 2.42. The van der Waals surface area contributed by atoms with Crippen LogP contribution in [-0.2, 0) is 9.53 Å². The molecule has 0 aromatic carbocycles. The number of guanidine groups is 1. The van der Waals surface area contributed by atoms with Gasteiger partial charge in [0.05, 0.1) is 7.11 Å². The summed E-state index contributed by atoms with van der Waals surface area (Å²) >= 11 is 0. The first-order valence-electron chi connectivity index (χ1n) is 7.25. The number of aliphatic imine (C=N–C) groups is 1. The first-order chi connectivity index (χ1) is 9.13. The number of carbonyl (C=O) groups excluding carboxylic acids is 1. The number of carbonyl (C=O) groups is 1. The number of ether oxygens (including phenoxy) is 1. The summed E-state index contributed by atoms with van der Waals surface area (Å²) in [4.78, 5) is 17.5. The van der Waals surface area contributed by atoms with Crippen molar-refractivity contribution in [1.29, 1.82) is 0 Å². The van der Waals surface area contributed by atoms with E-state index in [-0.39, 0.29) is 29.9 Å². The maximum absolute atomic E-state index is 10.9. The standard InChI is InChI=1S/C14H27N3O2.HI/c1-12-7-10-17(11-8-12)14(15)16-9-5-3-4-6-13(18)19-2;/h12H,3-11H2,1-2H3,(H2,15,16);1H. The highest BCUT2D eigenvalue weighted by atomic mass is 127. The van der Waals surface area contributed by atoms with Crippen LogP contribution in [0.15, 0.2) is 4.99 Å². The Balaban J connectivity index is 0.00000361. The summed E-state index contributed by atoms with van der Waals surface area (Å²) in [6, 6.07) is 0. The van der Waals surface area contributed by atoms with E-state index in [1.807, 2.05) is 0 Å². The van der Waals surface area contributed by atoms with Gasteiger partial charge in [-0.15, -0.1) is 24.0 Å². The minimum atomic E-state index is -0.134. The largest absolute Gasteiger partial charge is 0.469 e. The van der Waals surface area contributed by atoms with Gasteiger partial charge in [-0.2, -0.15) is 0 Å². The van der Waals surface area contributed by atoms with Crippen LogP contribution in [0.5, 0.6) is 0 Å². The Labute approximate surface area is 139 Å². The maximum atomic E-state index is 10.9. The quantitative estimate of drug-likeness (QED) is 0.246. The van der Waals surface area contributed by atoms with E-state index in [9.17, 15) is 4.79 Å². The summed E-state index contributed by atoms with van der Waals surface area (Å²) in [5.74, 6) is 1.35. The molecule has 1 saturated heterocycles. The van der Waals surface area contributed by atoms with E-state index in [0.29, 0.717) is 12.4 Å². The van der Waals surface area contributed by atoms with Gasteiger partial charge in [0.25, 0.3) is 0 Å². The van der Waals surface area contributed by atoms with E-state index in [4.69, 9.17) is 5.73 Å². The highest BCUT2D eigenvalue weighted by Gasteiger charge is 2.16. The lowest BCUT2D eigenvalue weighted by molar-refractivity contribution is -0.140. The molecular weight excluding hydrogens is 369 g/mol. The summed E-state index contributed by atoms with van der Waals surface area (Å²) in [5, 5.41) is 0. The van der Waals surface area contributed by atoms with Crippen molar-refractivity contribution in [2.75, 3.05) is 26.7 Å². The lowest BCUT2D eigenvalue weighted by Crippen LogP contribution is -2.42. The predicted molar refractivity (Wildman–Crippen MR) is 92.4 cm³/mol. The van der Waals surface area contributed by atoms with Gasteiger partial charge in [-0.1, -0.05) is 13.3 Å². The molecule has 1 fully saturated rings. The topological polar surface area (TPSA) is 67.9 Å². The smallest absolute Gasteiger partial charge is 0.305 e. The second kappa shape index (κ2) is 11.2. The minimum absolute atomic E-state index is 0. The van der Waals surface area contributed by atoms with Crippen molar-refractivity contribution in [3.8, 4) is 0 Å². The van der Waals surface area contributed by atoms with Crippen LogP contribution in [0.1, 0.15) is 45.4 Å². The average molecular weight is 397 g/mol. The molecule has 0 bridgehead atoms. The number of nitrogens with two attached hydrogens (primary N) is 1. The van der Waals surface area contributed by atoms with Crippen LogP contribution in [0, 0.1) is 5.92 Å². The minimum Gasteiger partial charge on any atom is -0.469 e. The third-order valence-corrected chi connectivity index (χ3v) is 3.65. The molecule has 0 saturated carbocycles. The van der Waals surface area contributed by atoms with E-state index in [2.05, 4.69) is 21.6 Å². The van der Waals surface area contributed by atoms with Gasteiger partial charge in [0.15, 0.2) is 5.96 Å². The lowest BCUT2D eigenvalue weighted by Gasteiger charge is -2.31. The fraction of sp³-hybridized carbons (Fsp3) is 0.857. The summed E-state index contributed by atoms with van der Waals surface area (Å²) in [6.07, 6.45) is 5.73. The van der Waals surface area contributed by atoms with Crippen LogP contribution in [0.2, 0.25) is 0 Å². The number of hydrogen-bond donors (Lipinski definition) is 1. The number of rotatable bonds is 6. The fourth-order valence-electron chi connectivity index (χ4n) is 2.19. The summed E-state index contributed by atoms with van der Waals surface area (Å²) < 4.78 is 4.59. The Kier molecular flexibility index (Phi) is 10.9. The Morgan fingerprint density at radius 2 is 1.95 bits per heavy atom. The highest BCUT2D eigenvalue weighted by Crippen LogP contribution is 2.15. The fourth-order valence-corrected chi connectivity index (χ4v) is 2.19. The number of unbranched alkanes of at least 4 members (excludes halogenated alkanes) is 2. The van der Waals surface area contributed by atoms with E-state index < -0.39 is 0 Å². The number of likely N-dealkylation sites (tertiary alicyclic amines) is 1. The van der Waals surface area contributed by atoms with Gasteiger partial charge in [-0.3, -0.25) is 9.79 Å². The van der Waals surface area contributed by atoms with Gasteiger partial charge >= 0.3 is 5.97 Å². The zero-order chi connectivity index (χ0) is 14.1. The first-order valence-corrected chi connectivity index (χ1v) is 7.25. The van der Waals surface area contributed by atoms with Gasteiger partial charge in [0.2, 0.25) is 0 Å². The number of hydrogen-bond acceptors (Lipinski definition) is 3. The number of esters is 1. The Morgan fingerprint density at radius 3 is 2.55 bits per heavy atom. The van der Waals surface area contributed by atoms with Crippen molar-refractivity contribution in [3.05, 3.63) is 0 Å². The van der Waals surface area contributed by atoms with E-state index >= 15 is 0 Å². The number of nitrogens with zero attached hydrogens (tertiary/aromatic N) is 2. The molecule has 1 rings (SSSR count). The van der Waals surface area contributed by atoms with Crippen LogP contribution in [0.3, 0.4) is 0 Å². The molecule has 0 unspecified atom stereocenters. The monoisotopic (exact) mass is 397 g/mol. The first kappa shape index (κ1) is 19.5. The molecule has 1 heterocycles. The molecule has 1 aliphatic rings. The van der Waals surface area contributed by atoms with Gasteiger partial charge in [-0.05, 0) is 31.6 Å². The molecule has 1 aliphatic heterocycles. The molecule has 0 spiro atoms. The number of piperidine rings is 1. The molecule has 6 heteroatoms. The lowest BCUT2D eigenvalue weighted by atomic mass is 10.00. The summed E-state index contributed by atoms with van der Waals surface area (Å²) in [7, 11) is 1.42.